The summed E-state index contributed by atoms with van der Waals surface area (Å²) in [6.45, 7) is 3.34. The third kappa shape index (κ3) is 18.7. The van der Waals surface area contributed by atoms with Crippen molar-refractivity contribution in [2.45, 2.75) is 38.5 Å². The Morgan fingerprint density at radius 1 is 0.373 bits per heavy atom. The topological polar surface area (TPSA) is 388 Å². The van der Waals surface area contributed by atoms with Crippen LogP contribution in [0, 0.1) is 13.8 Å². The van der Waals surface area contributed by atoms with E-state index in [-0.39, 0.29) is 108 Å². The predicted octanol–water partition coefficient (Wildman–Crippen LogP) is 4.67. The molecule has 23 nitrogen and oxygen atoms in total. The smallest absolute Gasteiger partial charge is 0.324 e. The molecular formula is C47H48N6NaO17P4+. The molecule has 0 fully saturated rings. The van der Waals surface area contributed by atoms with Crippen molar-refractivity contribution in [2.24, 2.45) is 0 Å². The first-order valence-electron chi connectivity index (χ1n) is 21.6. The molecule has 0 bridgehead atoms. The summed E-state index contributed by atoms with van der Waals surface area (Å²) in [7, 11) is -18.4. The average Bonchev–Trinajstić information content (AvgIpc) is 3.27. The summed E-state index contributed by atoms with van der Waals surface area (Å²) in [6, 6.07) is 27.3. The van der Waals surface area contributed by atoms with Crippen LogP contribution in [0.4, 0.5) is 38.9 Å². The number of urea groups is 1. The summed E-state index contributed by atoms with van der Waals surface area (Å²) in [5, 5.41) is 15.8. The number of aryl methyl sites for hydroxylation is 2. The van der Waals surface area contributed by atoms with Crippen LogP contribution in [-0.2, 0) is 42.9 Å². The summed E-state index contributed by atoms with van der Waals surface area (Å²) >= 11 is 0. The molecule has 0 unspecified atom stereocenters. The van der Waals surface area contributed by atoms with Crippen molar-refractivity contribution in [2.75, 3.05) is 31.9 Å². The van der Waals surface area contributed by atoms with Crippen LogP contribution in [0.3, 0.4) is 0 Å². The Morgan fingerprint density at radius 3 is 1.03 bits per heavy atom. The molecule has 0 aromatic heterocycles. The molecule has 0 heterocycles. The Labute approximate surface area is 449 Å². The van der Waals surface area contributed by atoms with Crippen molar-refractivity contribution in [3.63, 3.8) is 0 Å². The van der Waals surface area contributed by atoms with E-state index in [2.05, 4.69) is 31.9 Å². The van der Waals surface area contributed by atoms with Gasteiger partial charge in [-0.3, -0.25) is 37.4 Å². The first-order chi connectivity index (χ1) is 34.5. The Morgan fingerprint density at radius 2 is 0.693 bits per heavy atom. The Kier molecular flexibility index (Phi) is 19.8. The van der Waals surface area contributed by atoms with Crippen molar-refractivity contribution >= 4 is 94.2 Å². The Bertz CT molecular complexity index is 3190. The second kappa shape index (κ2) is 24.8. The number of anilines is 6. The van der Waals surface area contributed by atoms with E-state index in [1.54, 1.807) is 26.0 Å². The van der Waals surface area contributed by atoms with Crippen molar-refractivity contribution in [1.82, 2.24) is 0 Å². The van der Waals surface area contributed by atoms with Gasteiger partial charge in [0.25, 0.3) is 23.6 Å². The molecule has 75 heavy (non-hydrogen) atoms. The van der Waals surface area contributed by atoms with Gasteiger partial charge < -0.3 is 71.0 Å². The molecule has 6 amide bonds. The number of benzene rings is 6. The monoisotopic (exact) mass is 1120 g/mol. The van der Waals surface area contributed by atoms with Gasteiger partial charge in [-0.05, 0) is 120 Å². The summed E-state index contributed by atoms with van der Waals surface area (Å²) in [5.74, 6) is -2.71. The van der Waals surface area contributed by atoms with E-state index in [1.165, 1.54) is 109 Å². The minimum Gasteiger partial charge on any atom is -0.324 e. The van der Waals surface area contributed by atoms with Gasteiger partial charge in [0.15, 0.2) is 0 Å². The Hall–Kier alpha value is -5.93. The Balaban J connectivity index is 0.0000104. The third-order valence-electron chi connectivity index (χ3n) is 10.6. The SMILES string of the molecule is Cc1ccc(C(=O)Nc2ccc(CP(=O)(O)O)cc2CP(=O)(O)O)cc1NC(=O)c1cccc(NC(=O)Nc2cccc(C(=O)Nc3cc(C(=O)Nc4ccc(CP(=O)(O)O)cc4CP(=O)(O)O)ccc3C)c2)c1.[Na+]. The molecule has 6 rings (SSSR count). The second-order valence-corrected chi connectivity index (χ2v) is 23.5. The first kappa shape index (κ1) is 59.9. The predicted molar refractivity (Wildman–Crippen MR) is 276 cm³/mol. The van der Waals surface area contributed by atoms with Gasteiger partial charge in [0.2, 0.25) is 0 Å². The van der Waals surface area contributed by atoms with Gasteiger partial charge in [0, 0.05) is 56.4 Å². The van der Waals surface area contributed by atoms with Crippen LogP contribution in [0.15, 0.2) is 121 Å². The number of hydrogen-bond donors (Lipinski definition) is 14. The van der Waals surface area contributed by atoms with Crippen LogP contribution in [-0.4, -0.2) is 68.8 Å². The fourth-order valence-electron chi connectivity index (χ4n) is 7.26. The van der Waals surface area contributed by atoms with Gasteiger partial charge in [-0.25, -0.2) is 4.79 Å². The molecule has 6 aromatic carbocycles. The van der Waals surface area contributed by atoms with Crippen molar-refractivity contribution in [3.8, 4) is 0 Å². The fraction of sp³-hybridized carbons (Fsp3) is 0.128. The largest absolute Gasteiger partial charge is 1.00 e. The van der Waals surface area contributed by atoms with E-state index in [4.69, 9.17) is 0 Å². The van der Waals surface area contributed by atoms with Crippen molar-refractivity contribution in [1.29, 1.82) is 0 Å². The van der Waals surface area contributed by atoms with Crippen LogP contribution >= 0.6 is 30.4 Å². The number of nitrogens with one attached hydrogen (secondary N) is 6. The molecule has 0 saturated heterocycles. The quantitative estimate of drug-likeness (QED) is 0.0410. The molecule has 0 spiro atoms. The fourth-order valence-corrected chi connectivity index (χ4v) is 10.0. The van der Waals surface area contributed by atoms with E-state index in [0.29, 0.717) is 11.1 Å². The minimum absolute atomic E-state index is 0. The minimum atomic E-state index is -4.69. The zero-order valence-corrected chi connectivity index (χ0v) is 45.5. The number of amides is 6. The number of hydrogen-bond acceptors (Lipinski definition) is 9. The molecule has 14 N–H and O–H groups in total. The van der Waals surface area contributed by atoms with Crippen LogP contribution in [0.25, 0.3) is 0 Å². The molecule has 0 aliphatic rings. The maximum Gasteiger partial charge on any atom is 1.00 e. The summed E-state index contributed by atoms with van der Waals surface area (Å²) in [4.78, 5) is 143. The zero-order valence-electron chi connectivity index (χ0n) is 39.9. The molecule has 0 aliphatic heterocycles. The van der Waals surface area contributed by atoms with Crippen molar-refractivity contribution in [3.05, 3.63) is 177 Å². The summed E-state index contributed by atoms with van der Waals surface area (Å²) < 4.78 is 46.8. The number of carbonyl (C=O) groups is 5. The average molecular weight is 1120 g/mol. The molecule has 0 aliphatic carbocycles. The molecule has 6 aromatic rings. The molecule has 0 atom stereocenters. The number of rotatable bonds is 18. The van der Waals surface area contributed by atoms with E-state index < -0.39 is 84.7 Å². The standard InChI is InChI=1S/C47H48N6O17P4.Na/c1-27-9-13-33(45(56)50-39-15-11-29(23-71(59,60)61)17-35(39)25-73(65,66)67)21-41(27)52-43(54)31-5-3-7-37(19-31)48-47(58)49-38-8-4-6-32(20-38)44(55)53-42-22-34(14-10-28(42)2)46(57)51-40-16-12-30(24-72(62,63)64)18-36(40)26-74(68,69)70;/h3-22H,23-26H2,1-2H3,(H,50,56)(H,51,57)(H,52,54)(H,53,55)(H2,48,49,58)(H2,59,60,61)(H2,62,63,64)(H2,65,66,67)(H2,68,69,70);/q;+1. The van der Waals surface area contributed by atoms with Gasteiger partial charge >= 0.3 is 66.0 Å². The number of carbonyl (C=O) groups excluding carboxylic acids is 5. The van der Waals surface area contributed by atoms with Gasteiger partial charge in [0.1, 0.15) is 0 Å². The van der Waals surface area contributed by atoms with Crippen LogP contribution in [0.2, 0.25) is 0 Å². The van der Waals surface area contributed by atoms with Gasteiger partial charge in [-0.1, -0.05) is 48.5 Å². The van der Waals surface area contributed by atoms with Crippen LogP contribution in [0.1, 0.15) is 74.8 Å². The van der Waals surface area contributed by atoms with Gasteiger partial charge in [-0.15, -0.1) is 0 Å². The van der Waals surface area contributed by atoms with E-state index in [1.807, 2.05) is 0 Å². The molecule has 0 saturated carbocycles. The van der Waals surface area contributed by atoms with E-state index >= 15 is 0 Å². The van der Waals surface area contributed by atoms with Crippen LogP contribution in [0.5, 0.6) is 0 Å². The second-order valence-electron chi connectivity index (χ2n) is 16.9. The zero-order chi connectivity index (χ0) is 54.3. The van der Waals surface area contributed by atoms with Gasteiger partial charge in [0.05, 0.1) is 24.6 Å². The van der Waals surface area contributed by atoms with E-state index in [0.717, 1.165) is 0 Å². The maximum atomic E-state index is 13.5. The first-order valence-corrected chi connectivity index (χ1v) is 28.8. The molecular weight excluding hydrogens is 1070 g/mol. The summed E-state index contributed by atoms with van der Waals surface area (Å²) in [5.41, 5.74) is 2.27. The van der Waals surface area contributed by atoms with Crippen LogP contribution < -0.4 is 61.5 Å². The molecule has 388 valence electrons. The molecule has 0 radical (unpaired) electrons. The third-order valence-corrected chi connectivity index (χ3v) is 13.7. The summed E-state index contributed by atoms with van der Waals surface area (Å²) in [6.07, 6.45) is -3.04. The maximum absolute atomic E-state index is 13.5. The van der Waals surface area contributed by atoms with Gasteiger partial charge in [-0.2, -0.15) is 0 Å². The molecule has 28 heteroatoms. The normalized spacial score (nSPS) is 11.7. The van der Waals surface area contributed by atoms with E-state index in [9.17, 15) is 81.4 Å². The van der Waals surface area contributed by atoms with Crippen molar-refractivity contribution < 1.29 is 111 Å².